The smallest absolute Gasteiger partial charge is 0.257 e. The van der Waals surface area contributed by atoms with Crippen molar-refractivity contribution in [2.45, 2.75) is 33.4 Å². The van der Waals surface area contributed by atoms with Gasteiger partial charge in [-0.3, -0.25) is 4.79 Å². The molecule has 2 aromatic carbocycles. The van der Waals surface area contributed by atoms with Gasteiger partial charge in [-0.05, 0) is 44.0 Å². The molecule has 0 unspecified atom stereocenters. The predicted octanol–water partition coefficient (Wildman–Crippen LogP) is 4.58. The number of hydrogen-bond donors (Lipinski definition) is 1. The average molecular weight is 360 g/mol. The van der Waals surface area contributed by atoms with Crippen LogP contribution in [0.25, 0.3) is 0 Å². The van der Waals surface area contributed by atoms with E-state index in [-0.39, 0.29) is 11.9 Å². The first kappa shape index (κ1) is 18.6. The van der Waals surface area contributed by atoms with E-state index >= 15 is 0 Å². The monoisotopic (exact) mass is 360 g/mol. The fourth-order valence-corrected chi connectivity index (χ4v) is 2.79. The molecule has 0 aliphatic heterocycles. The third-order valence-corrected chi connectivity index (χ3v) is 4.25. The summed E-state index contributed by atoms with van der Waals surface area (Å²) in [6.07, 6.45) is 3.15. The van der Waals surface area contributed by atoms with Gasteiger partial charge >= 0.3 is 0 Å². The van der Waals surface area contributed by atoms with Gasteiger partial charge in [-0.2, -0.15) is 0 Å². The number of nitrogens with zero attached hydrogens (tertiary/aromatic N) is 3. The lowest BCUT2D eigenvalue weighted by Crippen LogP contribution is -2.36. The predicted molar refractivity (Wildman–Crippen MR) is 108 cm³/mol. The highest BCUT2D eigenvalue weighted by atomic mass is 16.2. The van der Waals surface area contributed by atoms with E-state index in [1.165, 1.54) is 0 Å². The molecule has 3 aromatic rings. The summed E-state index contributed by atoms with van der Waals surface area (Å²) in [5, 5.41) is 3.16. The minimum Gasteiger partial charge on any atom is -0.332 e. The first-order chi connectivity index (χ1) is 13.0. The van der Waals surface area contributed by atoms with E-state index < -0.39 is 0 Å². The lowest BCUT2D eigenvalue weighted by Gasteiger charge is -2.26. The van der Waals surface area contributed by atoms with Crippen molar-refractivity contribution in [3.63, 3.8) is 0 Å². The summed E-state index contributed by atoms with van der Waals surface area (Å²) in [5.41, 5.74) is 3.65. The van der Waals surface area contributed by atoms with Gasteiger partial charge in [0.15, 0.2) is 0 Å². The molecule has 1 aromatic heterocycles. The second-order valence-corrected chi connectivity index (χ2v) is 6.80. The average Bonchev–Trinajstić information content (AvgIpc) is 2.67. The van der Waals surface area contributed by atoms with Crippen LogP contribution in [0.3, 0.4) is 0 Å². The molecule has 0 aliphatic rings. The molecule has 5 heteroatoms. The van der Waals surface area contributed by atoms with Gasteiger partial charge in [0.25, 0.3) is 5.91 Å². The lowest BCUT2D eigenvalue weighted by molar-refractivity contribution is 0.0689. The molecule has 0 aliphatic carbocycles. The third-order valence-electron chi connectivity index (χ3n) is 4.25. The van der Waals surface area contributed by atoms with Gasteiger partial charge in [0.1, 0.15) is 0 Å². The number of aryl methyl sites for hydroxylation is 1. The maximum absolute atomic E-state index is 12.9. The normalized spacial score (nSPS) is 10.7. The topological polar surface area (TPSA) is 58.1 Å². The Morgan fingerprint density at radius 3 is 2.37 bits per heavy atom. The second-order valence-electron chi connectivity index (χ2n) is 6.80. The van der Waals surface area contributed by atoms with Crippen LogP contribution in [0.4, 0.5) is 11.6 Å². The summed E-state index contributed by atoms with van der Waals surface area (Å²) in [6, 6.07) is 18.0. The van der Waals surface area contributed by atoms with Crippen molar-refractivity contribution in [3.8, 4) is 0 Å². The van der Waals surface area contributed by atoms with E-state index in [2.05, 4.69) is 15.3 Å². The number of rotatable bonds is 6. The summed E-state index contributed by atoms with van der Waals surface area (Å²) in [6.45, 7) is 6.60. The van der Waals surface area contributed by atoms with Crippen LogP contribution in [0.15, 0.2) is 67.0 Å². The van der Waals surface area contributed by atoms with Gasteiger partial charge in [-0.1, -0.05) is 42.5 Å². The molecule has 138 valence electrons. The Morgan fingerprint density at radius 1 is 1.04 bits per heavy atom. The Morgan fingerprint density at radius 2 is 1.74 bits per heavy atom. The maximum atomic E-state index is 12.9. The molecule has 0 fully saturated rings. The van der Waals surface area contributed by atoms with Crippen LogP contribution in [0.5, 0.6) is 0 Å². The van der Waals surface area contributed by atoms with E-state index in [0.717, 1.165) is 16.8 Å². The molecule has 0 bridgehead atoms. The van der Waals surface area contributed by atoms with E-state index in [1.54, 1.807) is 12.4 Å². The Labute approximate surface area is 160 Å². The maximum Gasteiger partial charge on any atom is 0.257 e. The van der Waals surface area contributed by atoms with E-state index in [4.69, 9.17) is 0 Å². The molecule has 0 saturated carbocycles. The van der Waals surface area contributed by atoms with Crippen LogP contribution in [0.1, 0.15) is 35.3 Å². The van der Waals surface area contributed by atoms with Crippen LogP contribution >= 0.6 is 0 Å². The van der Waals surface area contributed by atoms with Crippen LogP contribution in [0, 0.1) is 6.92 Å². The van der Waals surface area contributed by atoms with Gasteiger partial charge in [0, 0.05) is 30.7 Å². The van der Waals surface area contributed by atoms with E-state index in [9.17, 15) is 4.79 Å². The van der Waals surface area contributed by atoms with E-state index in [0.29, 0.717) is 18.1 Å². The number of carbonyl (C=O) groups excluding carboxylic acids is 1. The van der Waals surface area contributed by atoms with E-state index in [1.807, 2.05) is 80.3 Å². The lowest BCUT2D eigenvalue weighted by atomic mass is 10.1. The highest BCUT2D eigenvalue weighted by molar-refractivity contribution is 5.93. The van der Waals surface area contributed by atoms with Crippen molar-refractivity contribution >= 4 is 17.5 Å². The zero-order valence-corrected chi connectivity index (χ0v) is 15.9. The second kappa shape index (κ2) is 8.45. The molecule has 0 saturated heterocycles. The number of benzene rings is 2. The van der Waals surface area contributed by atoms with Crippen molar-refractivity contribution in [3.05, 3.63) is 83.7 Å². The zero-order chi connectivity index (χ0) is 19.2. The minimum absolute atomic E-state index is 0.0720. The van der Waals surface area contributed by atoms with Crippen LogP contribution in [-0.2, 0) is 6.54 Å². The van der Waals surface area contributed by atoms with Crippen molar-refractivity contribution in [1.82, 2.24) is 14.9 Å². The third kappa shape index (κ3) is 4.91. The highest BCUT2D eigenvalue weighted by Gasteiger charge is 2.20. The Bertz CT molecular complexity index is 892. The van der Waals surface area contributed by atoms with Crippen molar-refractivity contribution < 1.29 is 4.79 Å². The standard InChI is InChI=1S/C22H24N4O/c1-16(2)26(15-18-9-5-4-6-10-18)21(27)19-13-23-22(24-14-19)25-20-11-7-8-17(3)12-20/h4-14,16H,15H2,1-3H3,(H,23,24,25). The summed E-state index contributed by atoms with van der Waals surface area (Å²) in [7, 11) is 0. The van der Waals surface area contributed by atoms with Crippen LogP contribution in [0.2, 0.25) is 0 Å². The Balaban J connectivity index is 1.73. The molecule has 5 nitrogen and oxygen atoms in total. The Hall–Kier alpha value is -3.21. The van der Waals surface area contributed by atoms with Gasteiger partial charge in [0.2, 0.25) is 5.95 Å². The van der Waals surface area contributed by atoms with Crippen LogP contribution < -0.4 is 5.32 Å². The molecular formula is C22H24N4O. The number of aromatic nitrogens is 2. The Kier molecular flexibility index (Phi) is 5.81. The molecule has 0 radical (unpaired) electrons. The minimum atomic E-state index is -0.0732. The first-order valence-electron chi connectivity index (χ1n) is 9.03. The number of anilines is 2. The quantitative estimate of drug-likeness (QED) is 0.699. The molecule has 27 heavy (non-hydrogen) atoms. The molecular weight excluding hydrogens is 336 g/mol. The molecule has 0 atom stereocenters. The summed E-state index contributed by atoms with van der Waals surface area (Å²) >= 11 is 0. The fraction of sp³-hybridized carbons (Fsp3) is 0.227. The van der Waals surface area contributed by atoms with Gasteiger partial charge in [0.05, 0.1) is 5.56 Å². The molecule has 0 spiro atoms. The number of carbonyl (C=O) groups is 1. The first-order valence-corrected chi connectivity index (χ1v) is 9.03. The van der Waals surface area contributed by atoms with Gasteiger partial charge in [-0.25, -0.2) is 9.97 Å². The zero-order valence-electron chi connectivity index (χ0n) is 15.9. The van der Waals surface area contributed by atoms with Crippen molar-refractivity contribution in [1.29, 1.82) is 0 Å². The number of hydrogen-bond acceptors (Lipinski definition) is 4. The van der Waals surface area contributed by atoms with Crippen molar-refractivity contribution in [2.24, 2.45) is 0 Å². The number of amides is 1. The molecule has 1 amide bonds. The van der Waals surface area contributed by atoms with Gasteiger partial charge in [-0.15, -0.1) is 0 Å². The summed E-state index contributed by atoms with van der Waals surface area (Å²) in [5.74, 6) is 0.396. The summed E-state index contributed by atoms with van der Waals surface area (Å²) < 4.78 is 0. The van der Waals surface area contributed by atoms with Gasteiger partial charge < -0.3 is 10.2 Å². The molecule has 3 rings (SSSR count). The fourth-order valence-electron chi connectivity index (χ4n) is 2.79. The largest absolute Gasteiger partial charge is 0.332 e. The molecule has 1 heterocycles. The number of nitrogens with one attached hydrogen (secondary N) is 1. The summed E-state index contributed by atoms with van der Waals surface area (Å²) in [4.78, 5) is 23.4. The van der Waals surface area contributed by atoms with Crippen molar-refractivity contribution in [2.75, 3.05) is 5.32 Å². The SMILES string of the molecule is Cc1cccc(Nc2ncc(C(=O)N(Cc3ccccc3)C(C)C)cn2)c1. The molecule has 1 N–H and O–H groups in total. The highest BCUT2D eigenvalue weighted by Crippen LogP contribution is 2.16. The van der Waals surface area contributed by atoms with Crippen LogP contribution in [-0.4, -0.2) is 26.8 Å².